The summed E-state index contributed by atoms with van der Waals surface area (Å²) in [5.74, 6) is 0. The van der Waals surface area contributed by atoms with E-state index >= 15 is 0 Å². The monoisotopic (exact) mass is 358 g/mol. The Hall–Kier alpha value is -0.466. The van der Waals surface area contributed by atoms with E-state index in [-0.39, 0.29) is 42.0 Å². The van der Waals surface area contributed by atoms with Crippen LogP contribution in [0.4, 0.5) is 9.41 Å². The van der Waals surface area contributed by atoms with Crippen LogP contribution in [0.3, 0.4) is 0 Å². The summed E-state index contributed by atoms with van der Waals surface area (Å²) in [5.41, 5.74) is 8.79. The molecule has 0 unspecified atom stereocenters. The molecule has 0 bridgehead atoms. The minimum atomic E-state index is 0. The van der Waals surface area contributed by atoms with Crippen LogP contribution < -0.4 is 0 Å². The second-order valence-electron chi connectivity index (χ2n) is 7.25. The predicted octanol–water partition coefficient (Wildman–Crippen LogP) is 6.53. The molecule has 0 aromatic carbocycles. The van der Waals surface area contributed by atoms with E-state index in [4.69, 9.17) is 0 Å². The minimum absolute atomic E-state index is 0. The van der Waals surface area contributed by atoms with Gasteiger partial charge in [0.1, 0.15) is 0 Å². The fourth-order valence-electron chi connectivity index (χ4n) is 2.81. The maximum atomic E-state index is 3.44. The zero-order valence-corrected chi connectivity index (χ0v) is 17.9. The first kappa shape index (κ1) is 27.4. The van der Waals surface area contributed by atoms with Gasteiger partial charge in [0, 0.05) is 0 Å². The average Bonchev–Trinajstić information content (AvgIpc) is 2.60. The molecule has 3 heteroatoms. The summed E-state index contributed by atoms with van der Waals surface area (Å²) in [6, 6.07) is 0. The number of hydrogen-bond donors (Lipinski definition) is 0. The van der Waals surface area contributed by atoms with E-state index in [9.17, 15) is 0 Å². The molecule has 0 atom stereocenters. The van der Waals surface area contributed by atoms with Crippen molar-refractivity contribution in [2.75, 3.05) is 0 Å². The van der Waals surface area contributed by atoms with Crippen molar-refractivity contribution < 1.29 is 31.1 Å². The second kappa shape index (κ2) is 9.13. The van der Waals surface area contributed by atoms with Gasteiger partial charge in [-0.2, -0.15) is 22.3 Å². The second-order valence-corrected chi connectivity index (χ2v) is 7.25. The molecule has 0 spiro atoms. The molecule has 0 fully saturated rings. The molecule has 0 nitrogen and oxygen atoms in total. The van der Waals surface area contributed by atoms with Crippen molar-refractivity contribution in [3.8, 4) is 0 Å². The molecule has 2 aliphatic rings. The largest absolute Gasteiger partial charge is 2.00 e. The third kappa shape index (κ3) is 5.83. The molecular formula is C20H32F2Ti. The average molecular weight is 358 g/mol. The molecule has 0 aromatic rings. The molecule has 2 aliphatic carbocycles. The van der Waals surface area contributed by atoms with Crippen molar-refractivity contribution in [3.05, 3.63) is 45.6 Å². The zero-order chi connectivity index (χ0) is 15.9. The van der Waals surface area contributed by atoms with E-state index < -0.39 is 0 Å². The maximum Gasteiger partial charge on any atom is 2.00 e. The van der Waals surface area contributed by atoms with E-state index in [0.717, 1.165) is 0 Å². The molecule has 0 saturated heterocycles. The first-order valence-corrected chi connectivity index (χ1v) is 7.50. The van der Waals surface area contributed by atoms with Gasteiger partial charge >= 0.3 is 21.7 Å². The summed E-state index contributed by atoms with van der Waals surface area (Å²) < 4.78 is 0. The maximum absolute atomic E-state index is 3.44. The number of halogens is 2. The number of rotatable bonds is 0. The Balaban J connectivity index is -0.000000308. The predicted molar refractivity (Wildman–Crippen MR) is 94.2 cm³/mol. The molecular weight excluding hydrogens is 326 g/mol. The van der Waals surface area contributed by atoms with Crippen LogP contribution >= 0.6 is 0 Å². The van der Waals surface area contributed by atoms with Gasteiger partial charge in [0.2, 0.25) is 0 Å². The fourth-order valence-corrected chi connectivity index (χ4v) is 2.81. The quantitative estimate of drug-likeness (QED) is 0.341. The van der Waals surface area contributed by atoms with Crippen molar-refractivity contribution in [1.29, 1.82) is 0 Å². The van der Waals surface area contributed by atoms with Crippen LogP contribution in [-0.2, 0) is 21.7 Å². The third-order valence-corrected chi connectivity index (χ3v) is 5.12. The Kier molecular flexibility index (Phi) is 10.9. The Morgan fingerprint density at radius 3 is 0.826 bits per heavy atom. The van der Waals surface area contributed by atoms with Gasteiger partial charge in [-0.1, -0.05) is 66.2 Å². The first-order valence-electron chi connectivity index (χ1n) is 7.50. The van der Waals surface area contributed by atoms with Crippen LogP contribution in [0.25, 0.3) is 0 Å². The number of hydrogen-bond acceptors (Lipinski definition) is 0. The van der Waals surface area contributed by atoms with E-state index in [1.165, 1.54) is 33.4 Å². The van der Waals surface area contributed by atoms with Gasteiger partial charge in [-0.05, 0) is 0 Å². The van der Waals surface area contributed by atoms with E-state index in [0.29, 0.717) is 0 Å². The Morgan fingerprint density at radius 1 is 0.565 bits per heavy atom. The summed E-state index contributed by atoms with van der Waals surface area (Å²) in [6.45, 7) is 21.8. The standard InChI is InChI=1S/2C10H15.2FH.Ti/c2*1-7-6-10(4,5)9(3)8(7)2;;;/h2*1-5H3;2*1H;/q2*-1;;;+2. The van der Waals surface area contributed by atoms with Gasteiger partial charge in [0.15, 0.2) is 0 Å². The molecule has 2 rings (SSSR count). The van der Waals surface area contributed by atoms with Crippen molar-refractivity contribution in [2.24, 2.45) is 10.8 Å². The van der Waals surface area contributed by atoms with Crippen molar-refractivity contribution in [1.82, 2.24) is 0 Å². The fraction of sp³-hybridized carbons (Fsp3) is 0.600. The summed E-state index contributed by atoms with van der Waals surface area (Å²) in [5, 5.41) is 0. The molecule has 0 aliphatic heterocycles. The SMILES string of the molecule is CC1=[C-]C(C)(C)C(C)=C1C.CC1=[C-]C(C)(C)C(C)=C1C.F.F.[Ti+2]. The van der Waals surface area contributed by atoms with Gasteiger partial charge in [0.05, 0.1) is 0 Å². The Morgan fingerprint density at radius 2 is 0.783 bits per heavy atom. The summed E-state index contributed by atoms with van der Waals surface area (Å²) in [6.07, 6.45) is 6.87. The van der Waals surface area contributed by atoms with Crippen LogP contribution in [-0.4, -0.2) is 0 Å². The van der Waals surface area contributed by atoms with E-state index in [2.05, 4.69) is 81.4 Å². The van der Waals surface area contributed by atoms with Crippen molar-refractivity contribution >= 4 is 0 Å². The molecule has 0 N–H and O–H groups in total. The van der Waals surface area contributed by atoms with Gasteiger partial charge in [-0.3, -0.25) is 21.6 Å². The van der Waals surface area contributed by atoms with Crippen LogP contribution in [0, 0.1) is 23.0 Å². The normalized spacial score (nSPS) is 20.4. The zero-order valence-electron chi connectivity index (χ0n) is 16.3. The van der Waals surface area contributed by atoms with Gasteiger partial charge in [-0.25, -0.2) is 11.1 Å². The number of allylic oxidation sites excluding steroid dienone is 8. The molecule has 23 heavy (non-hydrogen) atoms. The first-order chi connectivity index (χ1) is 8.90. The van der Waals surface area contributed by atoms with Gasteiger partial charge in [0.25, 0.3) is 0 Å². The minimum Gasteiger partial charge on any atom is -0.269 e. The molecule has 0 heterocycles. The molecule has 130 valence electrons. The van der Waals surface area contributed by atoms with Crippen molar-refractivity contribution in [3.63, 3.8) is 0 Å². The Labute approximate surface area is 156 Å². The third-order valence-electron chi connectivity index (χ3n) is 5.12. The smallest absolute Gasteiger partial charge is 0.269 e. The summed E-state index contributed by atoms with van der Waals surface area (Å²) in [7, 11) is 0. The molecule has 0 amide bonds. The van der Waals surface area contributed by atoms with Gasteiger partial charge in [-0.15, -0.1) is 13.8 Å². The van der Waals surface area contributed by atoms with Crippen LogP contribution in [0.15, 0.2) is 33.4 Å². The molecule has 0 saturated carbocycles. The van der Waals surface area contributed by atoms with Gasteiger partial charge < -0.3 is 0 Å². The molecule has 0 radical (unpaired) electrons. The van der Waals surface area contributed by atoms with Crippen LogP contribution in [0.5, 0.6) is 0 Å². The van der Waals surface area contributed by atoms with Crippen molar-refractivity contribution in [2.45, 2.75) is 69.2 Å². The summed E-state index contributed by atoms with van der Waals surface area (Å²) in [4.78, 5) is 0. The van der Waals surface area contributed by atoms with Crippen LogP contribution in [0.1, 0.15) is 69.2 Å². The molecule has 0 aromatic heterocycles. The topological polar surface area (TPSA) is 0 Å². The van der Waals surface area contributed by atoms with E-state index in [1.807, 2.05) is 0 Å². The van der Waals surface area contributed by atoms with E-state index in [1.54, 1.807) is 0 Å². The Bertz CT molecular complexity index is 494. The summed E-state index contributed by atoms with van der Waals surface area (Å²) >= 11 is 0. The van der Waals surface area contributed by atoms with Crippen LogP contribution in [0.2, 0.25) is 0 Å².